The van der Waals surface area contributed by atoms with Crippen LogP contribution in [0.4, 0.5) is 0 Å². The minimum Gasteiger partial charge on any atom is -0.271 e. The van der Waals surface area contributed by atoms with Crippen molar-refractivity contribution in [1.29, 1.82) is 0 Å². The zero-order chi connectivity index (χ0) is 11.4. The van der Waals surface area contributed by atoms with Gasteiger partial charge >= 0.3 is 0 Å². The molecular formula is C12H17BrN2S. The van der Waals surface area contributed by atoms with Gasteiger partial charge in [0.1, 0.15) is 0 Å². The molecule has 2 nitrogen and oxygen atoms in total. The fraction of sp³-hybridized carbons (Fsp3) is 0.500. The Morgan fingerprint density at radius 3 is 2.75 bits per heavy atom. The van der Waals surface area contributed by atoms with Gasteiger partial charge in [0.25, 0.3) is 0 Å². The Bertz CT molecular complexity index is 322. The number of hydrazine groups is 1. The first-order valence-electron chi connectivity index (χ1n) is 5.62. The molecule has 1 saturated heterocycles. The molecule has 88 valence electrons. The molecule has 1 aliphatic heterocycles. The Hall–Kier alpha value is -0.0300. The van der Waals surface area contributed by atoms with E-state index in [1.54, 1.807) is 0 Å². The van der Waals surface area contributed by atoms with Crippen LogP contribution >= 0.6 is 27.7 Å². The average molecular weight is 301 g/mol. The van der Waals surface area contributed by atoms with Gasteiger partial charge in [0.05, 0.1) is 0 Å². The van der Waals surface area contributed by atoms with E-state index in [4.69, 9.17) is 5.84 Å². The van der Waals surface area contributed by atoms with E-state index in [1.165, 1.54) is 24.2 Å². The fourth-order valence-corrected chi connectivity index (χ4v) is 3.73. The average Bonchev–Trinajstić information content (AvgIpc) is 2.82. The third-order valence-electron chi connectivity index (χ3n) is 3.00. The first-order valence-corrected chi connectivity index (χ1v) is 7.46. The SMILES string of the molecule is NNC(Cc1ccc(Br)cc1)C1CCCS1. The lowest BCUT2D eigenvalue weighted by atomic mass is 10.0. The topological polar surface area (TPSA) is 38.0 Å². The van der Waals surface area contributed by atoms with Gasteiger partial charge in [0, 0.05) is 15.8 Å². The van der Waals surface area contributed by atoms with Crippen LogP contribution in [0.1, 0.15) is 18.4 Å². The van der Waals surface area contributed by atoms with Crippen molar-refractivity contribution in [1.82, 2.24) is 5.43 Å². The van der Waals surface area contributed by atoms with Crippen molar-refractivity contribution in [2.24, 2.45) is 5.84 Å². The lowest BCUT2D eigenvalue weighted by Crippen LogP contribution is -2.43. The highest BCUT2D eigenvalue weighted by Crippen LogP contribution is 2.29. The van der Waals surface area contributed by atoms with Gasteiger partial charge in [-0.1, -0.05) is 28.1 Å². The van der Waals surface area contributed by atoms with Gasteiger partial charge in [-0.05, 0) is 42.7 Å². The number of nitrogens with one attached hydrogen (secondary N) is 1. The molecule has 0 saturated carbocycles. The summed E-state index contributed by atoms with van der Waals surface area (Å²) in [6, 6.07) is 8.89. The van der Waals surface area contributed by atoms with E-state index < -0.39 is 0 Å². The lowest BCUT2D eigenvalue weighted by Gasteiger charge is -2.21. The van der Waals surface area contributed by atoms with Gasteiger partial charge in [-0.2, -0.15) is 11.8 Å². The van der Waals surface area contributed by atoms with E-state index in [-0.39, 0.29) is 0 Å². The maximum absolute atomic E-state index is 5.66. The molecule has 0 bridgehead atoms. The summed E-state index contributed by atoms with van der Waals surface area (Å²) in [5.74, 6) is 6.94. The number of rotatable bonds is 4. The summed E-state index contributed by atoms with van der Waals surface area (Å²) in [4.78, 5) is 0. The van der Waals surface area contributed by atoms with Crippen molar-refractivity contribution in [3.8, 4) is 0 Å². The summed E-state index contributed by atoms with van der Waals surface area (Å²) in [5.41, 5.74) is 4.32. The van der Waals surface area contributed by atoms with Gasteiger partial charge in [-0.3, -0.25) is 11.3 Å². The first-order chi connectivity index (χ1) is 7.79. The van der Waals surface area contributed by atoms with E-state index in [0.717, 1.165) is 10.9 Å². The number of nitrogens with two attached hydrogens (primary N) is 1. The number of benzene rings is 1. The summed E-state index contributed by atoms with van der Waals surface area (Å²) < 4.78 is 1.13. The summed E-state index contributed by atoms with van der Waals surface area (Å²) in [6.07, 6.45) is 3.63. The molecule has 1 fully saturated rings. The summed E-state index contributed by atoms with van der Waals surface area (Å²) in [7, 11) is 0. The molecule has 2 atom stereocenters. The predicted octanol–water partition coefficient (Wildman–Crippen LogP) is 2.72. The lowest BCUT2D eigenvalue weighted by molar-refractivity contribution is 0.496. The molecule has 0 radical (unpaired) electrons. The second kappa shape index (κ2) is 6.05. The Kier molecular flexibility index (Phi) is 4.70. The Morgan fingerprint density at radius 1 is 1.44 bits per heavy atom. The summed E-state index contributed by atoms with van der Waals surface area (Å²) in [5, 5.41) is 0.675. The van der Waals surface area contributed by atoms with E-state index in [9.17, 15) is 0 Å². The third-order valence-corrected chi connectivity index (χ3v) is 5.04. The molecule has 1 aromatic carbocycles. The standard InChI is InChI=1S/C12H17BrN2S/c13-10-5-3-9(4-6-10)8-11(15-14)12-2-1-7-16-12/h3-6,11-12,15H,1-2,7-8,14H2. The first kappa shape index (κ1) is 12.4. The molecule has 0 amide bonds. The Morgan fingerprint density at radius 2 is 2.19 bits per heavy atom. The van der Waals surface area contributed by atoms with Crippen LogP contribution in [-0.2, 0) is 6.42 Å². The molecule has 3 N–H and O–H groups in total. The van der Waals surface area contributed by atoms with E-state index >= 15 is 0 Å². The number of thioether (sulfide) groups is 1. The molecule has 2 rings (SSSR count). The van der Waals surface area contributed by atoms with E-state index in [0.29, 0.717) is 11.3 Å². The molecule has 4 heteroatoms. The molecule has 0 spiro atoms. The largest absolute Gasteiger partial charge is 0.271 e. The highest BCUT2D eigenvalue weighted by Gasteiger charge is 2.24. The molecule has 1 aromatic rings. The van der Waals surface area contributed by atoms with Crippen molar-refractivity contribution in [2.75, 3.05) is 5.75 Å². The summed E-state index contributed by atoms with van der Waals surface area (Å²) in [6.45, 7) is 0. The van der Waals surface area contributed by atoms with Crippen LogP contribution in [0.25, 0.3) is 0 Å². The third kappa shape index (κ3) is 3.23. The molecular weight excluding hydrogens is 284 g/mol. The van der Waals surface area contributed by atoms with Gasteiger partial charge in [-0.15, -0.1) is 0 Å². The normalized spacial score (nSPS) is 22.2. The van der Waals surface area contributed by atoms with Crippen LogP contribution in [0, 0.1) is 0 Å². The fourth-order valence-electron chi connectivity index (χ4n) is 2.09. The van der Waals surface area contributed by atoms with Crippen molar-refractivity contribution in [3.63, 3.8) is 0 Å². The van der Waals surface area contributed by atoms with Crippen LogP contribution in [0.5, 0.6) is 0 Å². The quantitative estimate of drug-likeness (QED) is 0.663. The maximum Gasteiger partial charge on any atom is 0.0369 e. The van der Waals surface area contributed by atoms with Gasteiger partial charge in [0.15, 0.2) is 0 Å². The molecule has 0 aliphatic carbocycles. The monoisotopic (exact) mass is 300 g/mol. The van der Waals surface area contributed by atoms with Gasteiger partial charge < -0.3 is 0 Å². The summed E-state index contributed by atoms with van der Waals surface area (Å²) >= 11 is 5.50. The van der Waals surface area contributed by atoms with Crippen LogP contribution in [-0.4, -0.2) is 17.0 Å². The number of hydrogen-bond donors (Lipinski definition) is 2. The Balaban J connectivity index is 1.97. The van der Waals surface area contributed by atoms with Crippen molar-refractivity contribution >= 4 is 27.7 Å². The highest BCUT2D eigenvalue weighted by atomic mass is 79.9. The van der Waals surface area contributed by atoms with Crippen molar-refractivity contribution in [3.05, 3.63) is 34.3 Å². The van der Waals surface area contributed by atoms with Crippen molar-refractivity contribution in [2.45, 2.75) is 30.6 Å². The van der Waals surface area contributed by atoms with Gasteiger partial charge in [0.2, 0.25) is 0 Å². The highest BCUT2D eigenvalue weighted by molar-refractivity contribution is 9.10. The minimum absolute atomic E-state index is 0.397. The number of halogens is 1. The Labute approximate surface area is 109 Å². The minimum atomic E-state index is 0.397. The van der Waals surface area contributed by atoms with Gasteiger partial charge in [-0.25, -0.2) is 0 Å². The molecule has 0 aromatic heterocycles. The second-order valence-corrected chi connectivity index (χ2v) is 6.42. The molecule has 16 heavy (non-hydrogen) atoms. The predicted molar refractivity (Wildman–Crippen MR) is 74.4 cm³/mol. The zero-order valence-corrected chi connectivity index (χ0v) is 11.6. The van der Waals surface area contributed by atoms with E-state index in [1.807, 2.05) is 11.8 Å². The van der Waals surface area contributed by atoms with Crippen molar-refractivity contribution < 1.29 is 0 Å². The van der Waals surface area contributed by atoms with Crippen LogP contribution in [0.2, 0.25) is 0 Å². The molecule has 2 unspecified atom stereocenters. The zero-order valence-electron chi connectivity index (χ0n) is 9.16. The van der Waals surface area contributed by atoms with Crippen LogP contribution in [0.15, 0.2) is 28.7 Å². The van der Waals surface area contributed by atoms with Crippen LogP contribution < -0.4 is 11.3 Å². The second-order valence-electron chi connectivity index (χ2n) is 4.16. The van der Waals surface area contributed by atoms with E-state index in [2.05, 4.69) is 45.6 Å². The van der Waals surface area contributed by atoms with Crippen LogP contribution in [0.3, 0.4) is 0 Å². The number of hydrogen-bond acceptors (Lipinski definition) is 3. The smallest absolute Gasteiger partial charge is 0.0369 e. The molecule has 1 heterocycles. The molecule has 1 aliphatic rings. The maximum atomic E-state index is 5.66.